The van der Waals surface area contributed by atoms with E-state index in [1.54, 1.807) is 14.2 Å². The first kappa shape index (κ1) is 23.0. The summed E-state index contributed by atoms with van der Waals surface area (Å²) < 4.78 is 23.1. The number of hydrogen-bond donors (Lipinski definition) is 0. The average molecular weight is 460 g/mol. The van der Waals surface area contributed by atoms with Crippen molar-refractivity contribution in [3.63, 3.8) is 0 Å². The lowest BCUT2D eigenvalue weighted by Gasteiger charge is -2.13. The van der Waals surface area contributed by atoms with Crippen LogP contribution in [0, 0.1) is 0 Å². The number of rotatable bonds is 10. The molecule has 0 atom stereocenters. The van der Waals surface area contributed by atoms with Gasteiger partial charge < -0.3 is 18.9 Å². The molecule has 1 aliphatic heterocycles. The Bertz CT molecular complexity index is 976. The fourth-order valence-electron chi connectivity index (χ4n) is 2.82. The maximum absolute atomic E-state index is 12.2. The number of methoxy groups -OCH3 is 1. The number of nitrogens with zero attached hydrogens (tertiary/aromatic N) is 1. The van der Waals surface area contributed by atoms with Gasteiger partial charge in [-0.1, -0.05) is 36.1 Å². The molecule has 1 amide bonds. The molecule has 2 aromatic carbocycles. The van der Waals surface area contributed by atoms with Gasteiger partial charge in [0.05, 0.1) is 31.8 Å². The van der Waals surface area contributed by atoms with Gasteiger partial charge in [0.1, 0.15) is 15.8 Å². The molecule has 8 heteroatoms. The van der Waals surface area contributed by atoms with Crippen LogP contribution in [0.5, 0.6) is 23.0 Å². The van der Waals surface area contributed by atoms with E-state index in [-0.39, 0.29) is 5.91 Å². The van der Waals surface area contributed by atoms with Crippen molar-refractivity contribution in [1.82, 2.24) is 4.90 Å². The smallest absolute Gasteiger partial charge is 0.265 e. The zero-order valence-electron chi connectivity index (χ0n) is 17.8. The molecule has 6 nitrogen and oxygen atoms in total. The Morgan fingerprint density at radius 2 is 1.81 bits per heavy atom. The molecule has 0 spiro atoms. The molecule has 0 N–H and O–H groups in total. The molecule has 0 aliphatic carbocycles. The van der Waals surface area contributed by atoms with Gasteiger partial charge in [-0.3, -0.25) is 9.69 Å². The second-order valence-electron chi connectivity index (χ2n) is 6.61. The number of likely N-dealkylation sites (N-methyl/N-ethyl adjacent to an activating group) is 1. The van der Waals surface area contributed by atoms with Crippen LogP contribution in [0.2, 0.25) is 0 Å². The highest BCUT2D eigenvalue weighted by Gasteiger charge is 2.28. The number of thiocarbonyl (C=S) groups is 1. The largest absolute Gasteiger partial charge is 0.497 e. The highest BCUT2D eigenvalue weighted by Crippen LogP contribution is 2.34. The molecule has 3 rings (SSSR count). The van der Waals surface area contributed by atoms with Crippen molar-refractivity contribution in [2.24, 2.45) is 0 Å². The predicted octanol–water partition coefficient (Wildman–Crippen LogP) is 4.77. The van der Waals surface area contributed by atoms with Crippen LogP contribution in [-0.4, -0.2) is 49.1 Å². The lowest BCUT2D eigenvalue weighted by Crippen LogP contribution is -2.22. The van der Waals surface area contributed by atoms with Gasteiger partial charge in [0.25, 0.3) is 5.91 Å². The maximum atomic E-state index is 12.2. The Morgan fingerprint density at radius 1 is 1.03 bits per heavy atom. The summed E-state index contributed by atoms with van der Waals surface area (Å²) >= 11 is 6.47. The van der Waals surface area contributed by atoms with Crippen molar-refractivity contribution in [2.45, 2.75) is 13.3 Å². The molecule has 1 aliphatic rings. The average Bonchev–Trinajstić information content (AvgIpc) is 3.01. The summed E-state index contributed by atoms with van der Waals surface area (Å²) in [7, 11) is 3.31. The van der Waals surface area contributed by atoms with Gasteiger partial charge in [-0.25, -0.2) is 0 Å². The Morgan fingerprint density at radius 3 is 2.52 bits per heavy atom. The molecule has 0 bridgehead atoms. The molecule has 31 heavy (non-hydrogen) atoms. The van der Waals surface area contributed by atoms with Crippen LogP contribution in [0.1, 0.15) is 18.9 Å². The maximum Gasteiger partial charge on any atom is 0.265 e. The summed E-state index contributed by atoms with van der Waals surface area (Å²) in [6.07, 6.45) is 2.53. The van der Waals surface area contributed by atoms with Gasteiger partial charge in [0.15, 0.2) is 11.5 Å². The van der Waals surface area contributed by atoms with Gasteiger partial charge >= 0.3 is 0 Å². The van der Waals surface area contributed by atoms with E-state index in [9.17, 15) is 4.79 Å². The molecule has 1 heterocycles. The van der Waals surface area contributed by atoms with Crippen molar-refractivity contribution in [2.75, 3.05) is 34.0 Å². The molecule has 2 aromatic rings. The van der Waals surface area contributed by atoms with E-state index in [1.807, 2.05) is 55.5 Å². The summed E-state index contributed by atoms with van der Waals surface area (Å²) in [4.78, 5) is 14.3. The molecular weight excluding hydrogens is 434 g/mol. The third kappa shape index (κ3) is 6.15. The molecule has 0 aromatic heterocycles. The summed E-state index contributed by atoms with van der Waals surface area (Å²) in [6.45, 7) is 3.43. The molecule has 0 unspecified atom stereocenters. The highest BCUT2D eigenvalue weighted by atomic mass is 32.2. The highest BCUT2D eigenvalue weighted by molar-refractivity contribution is 8.26. The van der Waals surface area contributed by atoms with Crippen LogP contribution in [0.15, 0.2) is 47.4 Å². The van der Waals surface area contributed by atoms with Crippen molar-refractivity contribution in [3.8, 4) is 23.0 Å². The fraction of sp³-hybridized carbons (Fsp3) is 0.304. The van der Waals surface area contributed by atoms with Crippen molar-refractivity contribution >= 4 is 40.3 Å². The number of benzene rings is 2. The minimum absolute atomic E-state index is 0.0932. The molecule has 0 saturated carbocycles. The number of thioether (sulfide) groups is 1. The van der Waals surface area contributed by atoms with Crippen LogP contribution in [0.25, 0.3) is 6.08 Å². The first-order valence-electron chi connectivity index (χ1n) is 9.90. The van der Waals surface area contributed by atoms with Crippen LogP contribution in [0.3, 0.4) is 0 Å². The summed E-state index contributed by atoms with van der Waals surface area (Å²) in [6, 6.07) is 13.1. The Labute approximate surface area is 192 Å². The van der Waals surface area contributed by atoms with Gasteiger partial charge in [-0.15, -0.1) is 0 Å². The molecule has 164 valence electrons. The van der Waals surface area contributed by atoms with E-state index >= 15 is 0 Å². The van der Waals surface area contributed by atoms with Crippen LogP contribution < -0.4 is 18.9 Å². The van der Waals surface area contributed by atoms with Crippen LogP contribution in [-0.2, 0) is 4.79 Å². The van der Waals surface area contributed by atoms with E-state index in [4.69, 9.17) is 31.2 Å². The van der Waals surface area contributed by atoms with Crippen molar-refractivity contribution in [1.29, 1.82) is 0 Å². The van der Waals surface area contributed by atoms with Gasteiger partial charge in [0.2, 0.25) is 0 Å². The van der Waals surface area contributed by atoms with E-state index < -0.39 is 0 Å². The number of amides is 1. The lowest BCUT2D eigenvalue weighted by molar-refractivity contribution is -0.121. The minimum Gasteiger partial charge on any atom is -0.497 e. The van der Waals surface area contributed by atoms with E-state index in [1.165, 1.54) is 16.7 Å². The number of carbonyl (C=O) groups is 1. The first-order chi connectivity index (χ1) is 15.0. The van der Waals surface area contributed by atoms with E-state index in [0.29, 0.717) is 47.0 Å². The van der Waals surface area contributed by atoms with E-state index in [2.05, 4.69) is 0 Å². The number of carbonyl (C=O) groups excluding carboxylic acids is 1. The summed E-state index contributed by atoms with van der Waals surface area (Å²) in [5.41, 5.74) is 0.853. The molecule has 1 fully saturated rings. The zero-order chi connectivity index (χ0) is 22.2. The Balaban J connectivity index is 1.57. The van der Waals surface area contributed by atoms with E-state index in [0.717, 1.165) is 17.1 Å². The topological polar surface area (TPSA) is 57.2 Å². The third-order valence-corrected chi connectivity index (χ3v) is 5.89. The first-order valence-corrected chi connectivity index (χ1v) is 11.1. The second kappa shape index (κ2) is 11.1. The van der Waals surface area contributed by atoms with Crippen LogP contribution >= 0.6 is 24.0 Å². The Kier molecular flexibility index (Phi) is 8.20. The van der Waals surface area contributed by atoms with Gasteiger partial charge in [0, 0.05) is 19.5 Å². The third-order valence-electron chi connectivity index (χ3n) is 4.41. The van der Waals surface area contributed by atoms with Gasteiger partial charge in [-0.05, 0) is 42.8 Å². The van der Waals surface area contributed by atoms with Crippen molar-refractivity contribution in [3.05, 3.63) is 52.9 Å². The molecule has 0 radical (unpaired) electrons. The quantitative estimate of drug-likeness (QED) is 0.288. The minimum atomic E-state index is -0.0932. The normalized spacial score (nSPS) is 14.8. The summed E-state index contributed by atoms with van der Waals surface area (Å²) in [5.74, 6) is 2.72. The standard InChI is InChI=1S/C23H25NO5S2/c1-4-27-20-13-16(14-21-22(25)24(2)23(30)31-21)9-10-19(20)29-12-6-11-28-18-8-5-7-17(15-18)26-3/h5,7-10,13-15H,4,6,11-12H2,1-3H3/b21-14-. The van der Waals surface area contributed by atoms with Gasteiger partial charge in [-0.2, -0.15) is 0 Å². The van der Waals surface area contributed by atoms with Crippen LogP contribution in [0.4, 0.5) is 0 Å². The SMILES string of the molecule is CCOc1cc(/C=C2\SC(=S)N(C)C2=O)ccc1OCCCOc1cccc(OC)c1. The monoisotopic (exact) mass is 459 g/mol. The number of ether oxygens (including phenoxy) is 4. The number of hydrogen-bond acceptors (Lipinski definition) is 7. The fourth-order valence-corrected chi connectivity index (χ4v) is 4.00. The Hall–Kier alpha value is -2.71. The lowest BCUT2D eigenvalue weighted by atomic mass is 10.2. The molecule has 1 saturated heterocycles. The summed E-state index contributed by atoms with van der Waals surface area (Å²) in [5, 5.41) is 0. The van der Waals surface area contributed by atoms with Crippen molar-refractivity contribution < 1.29 is 23.7 Å². The molecular formula is C23H25NO5S2. The predicted molar refractivity (Wildman–Crippen MR) is 127 cm³/mol. The second-order valence-corrected chi connectivity index (χ2v) is 8.29. The zero-order valence-corrected chi connectivity index (χ0v) is 19.4.